The van der Waals surface area contributed by atoms with Crippen molar-refractivity contribution in [3.63, 3.8) is 0 Å². The number of pyridine rings is 2. The molecular formula is C19H21N3O3. The van der Waals surface area contributed by atoms with Crippen LogP contribution in [0.2, 0.25) is 0 Å². The Balaban J connectivity index is 2.25. The molecule has 6 heteroatoms. The number of likely N-dealkylation sites (N-methyl/N-ethyl adjacent to an activating group) is 1. The molecule has 1 aliphatic heterocycles. The third kappa shape index (κ3) is 2.21. The Hall–Kier alpha value is -2.60. The highest BCUT2D eigenvalue weighted by molar-refractivity contribution is 6.03. The average molecular weight is 339 g/mol. The molecular weight excluding hydrogens is 318 g/mol. The standard InChI is InChI=1S/C19H21N3O3/c1-4-21-15(23)6-5-12-8-14-11(2)7-16(24)22-13(9-20-3)10-25-19(17(12)21)18(14)22/h5-8,13,20H,4,9-10H2,1-3H3. The SMILES string of the molecule is CCn1c(=O)ccc2cc3c(C)cc(=O)n4c3c(c21)OCC4CNC. The zero-order valence-electron chi connectivity index (χ0n) is 14.6. The minimum absolute atomic E-state index is 0.0320. The molecule has 3 aromatic rings. The van der Waals surface area contributed by atoms with Crippen LogP contribution in [0.25, 0.3) is 21.8 Å². The highest BCUT2D eigenvalue weighted by atomic mass is 16.5. The Bertz CT molecular complexity index is 1110. The number of rotatable bonds is 3. The van der Waals surface area contributed by atoms with Gasteiger partial charge in [-0.2, -0.15) is 0 Å². The van der Waals surface area contributed by atoms with Gasteiger partial charge in [0.2, 0.25) is 0 Å². The maximum absolute atomic E-state index is 12.7. The van der Waals surface area contributed by atoms with E-state index in [-0.39, 0.29) is 17.2 Å². The molecule has 0 amide bonds. The Morgan fingerprint density at radius 2 is 2.00 bits per heavy atom. The normalized spacial score (nSPS) is 16.4. The molecule has 0 fully saturated rings. The van der Waals surface area contributed by atoms with Crippen molar-refractivity contribution in [1.29, 1.82) is 0 Å². The van der Waals surface area contributed by atoms with Crippen molar-refractivity contribution in [2.24, 2.45) is 0 Å². The summed E-state index contributed by atoms with van der Waals surface area (Å²) in [7, 11) is 1.86. The van der Waals surface area contributed by atoms with E-state index in [0.29, 0.717) is 25.4 Å². The van der Waals surface area contributed by atoms with Crippen LogP contribution in [0, 0.1) is 6.92 Å². The molecule has 0 saturated heterocycles. The lowest BCUT2D eigenvalue weighted by atomic mass is 10.0. The molecule has 6 nitrogen and oxygen atoms in total. The van der Waals surface area contributed by atoms with Crippen molar-refractivity contribution >= 4 is 21.8 Å². The summed E-state index contributed by atoms with van der Waals surface area (Å²) in [5, 5.41) is 5.07. The van der Waals surface area contributed by atoms with Gasteiger partial charge in [0.25, 0.3) is 11.1 Å². The largest absolute Gasteiger partial charge is 0.487 e. The molecule has 4 rings (SSSR count). The van der Waals surface area contributed by atoms with Crippen molar-refractivity contribution in [3.05, 3.63) is 50.5 Å². The van der Waals surface area contributed by atoms with E-state index in [1.54, 1.807) is 16.7 Å². The highest BCUT2D eigenvalue weighted by Crippen LogP contribution is 2.38. The first-order chi connectivity index (χ1) is 12.1. The molecule has 1 aliphatic rings. The van der Waals surface area contributed by atoms with Crippen LogP contribution >= 0.6 is 0 Å². The molecule has 1 atom stereocenters. The lowest BCUT2D eigenvalue weighted by Gasteiger charge is -2.30. The van der Waals surface area contributed by atoms with E-state index in [1.165, 1.54) is 0 Å². The van der Waals surface area contributed by atoms with E-state index >= 15 is 0 Å². The smallest absolute Gasteiger partial charge is 0.251 e. The molecule has 2 aromatic heterocycles. The van der Waals surface area contributed by atoms with Crippen LogP contribution in [0.5, 0.6) is 5.75 Å². The Labute approximate surface area is 144 Å². The van der Waals surface area contributed by atoms with Crippen LogP contribution in [-0.2, 0) is 6.54 Å². The topological polar surface area (TPSA) is 65.3 Å². The quantitative estimate of drug-likeness (QED) is 0.739. The van der Waals surface area contributed by atoms with E-state index in [0.717, 1.165) is 27.4 Å². The van der Waals surface area contributed by atoms with Crippen molar-refractivity contribution in [2.75, 3.05) is 20.2 Å². The molecule has 0 spiro atoms. The van der Waals surface area contributed by atoms with Gasteiger partial charge in [-0.3, -0.25) is 14.2 Å². The molecule has 0 bridgehead atoms. The van der Waals surface area contributed by atoms with Gasteiger partial charge in [-0.15, -0.1) is 0 Å². The van der Waals surface area contributed by atoms with Crippen LogP contribution in [0.4, 0.5) is 0 Å². The summed E-state index contributed by atoms with van der Waals surface area (Å²) in [5.41, 5.74) is 2.38. The number of nitrogens with zero attached hydrogens (tertiary/aromatic N) is 2. The Kier molecular flexibility index (Phi) is 3.65. The summed E-state index contributed by atoms with van der Waals surface area (Å²) >= 11 is 0. The molecule has 0 radical (unpaired) electrons. The van der Waals surface area contributed by atoms with Gasteiger partial charge in [0, 0.05) is 36.0 Å². The van der Waals surface area contributed by atoms with Crippen molar-refractivity contribution in [2.45, 2.75) is 26.4 Å². The Morgan fingerprint density at radius 1 is 1.20 bits per heavy atom. The number of hydrogen-bond acceptors (Lipinski definition) is 4. The molecule has 25 heavy (non-hydrogen) atoms. The minimum atomic E-state index is -0.0731. The van der Waals surface area contributed by atoms with Gasteiger partial charge in [-0.05, 0) is 38.6 Å². The van der Waals surface area contributed by atoms with Crippen molar-refractivity contribution < 1.29 is 4.74 Å². The van der Waals surface area contributed by atoms with Gasteiger partial charge in [-0.1, -0.05) is 0 Å². The zero-order valence-corrected chi connectivity index (χ0v) is 14.6. The number of hydrogen-bond donors (Lipinski definition) is 1. The number of aromatic nitrogens is 2. The fourth-order valence-electron chi connectivity index (χ4n) is 3.86. The predicted molar refractivity (Wildman–Crippen MR) is 98.8 cm³/mol. The van der Waals surface area contributed by atoms with E-state index < -0.39 is 0 Å². The second-order valence-corrected chi connectivity index (χ2v) is 6.51. The second kappa shape index (κ2) is 5.74. The Morgan fingerprint density at radius 3 is 2.72 bits per heavy atom. The molecule has 1 N–H and O–H groups in total. The molecule has 3 heterocycles. The second-order valence-electron chi connectivity index (χ2n) is 6.51. The van der Waals surface area contributed by atoms with Crippen LogP contribution < -0.4 is 21.2 Å². The van der Waals surface area contributed by atoms with Crippen LogP contribution in [0.15, 0.2) is 33.9 Å². The van der Waals surface area contributed by atoms with Gasteiger partial charge in [-0.25, -0.2) is 0 Å². The number of ether oxygens (including phenoxy) is 1. The average Bonchev–Trinajstić information content (AvgIpc) is 2.60. The van der Waals surface area contributed by atoms with Crippen LogP contribution in [-0.4, -0.2) is 29.3 Å². The summed E-state index contributed by atoms with van der Waals surface area (Å²) in [6.07, 6.45) is 0. The van der Waals surface area contributed by atoms with Crippen LogP contribution in [0.1, 0.15) is 18.5 Å². The van der Waals surface area contributed by atoms with E-state index in [1.807, 2.05) is 31.5 Å². The van der Waals surface area contributed by atoms with Crippen molar-refractivity contribution in [1.82, 2.24) is 14.5 Å². The number of aryl methyl sites for hydroxylation is 2. The van der Waals surface area contributed by atoms with Gasteiger partial charge in [0.15, 0.2) is 5.75 Å². The van der Waals surface area contributed by atoms with E-state index in [9.17, 15) is 9.59 Å². The van der Waals surface area contributed by atoms with Gasteiger partial charge in [0.05, 0.1) is 17.1 Å². The third-order valence-corrected chi connectivity index (χ3v) is 4.98. The molecule has 0 aliphatic carbocycles. The molecule has 130 valence electrons. The first-order valence-electron chi connectivity index (χ1n) is 8.56. The summed E-state index contributed by atoms with van der Waals surface area (Å²) in [4.78, 5) is 25.0. The van der Waals surface area contributed by atoms with E-state index in [2.05, 4.69) is 11.4 Å². The lowest BCUT2D eigenvalue weighted by molar-refractivity contribution is 0.233. The first-order valence-corrected chi connectivity index (χ1v) is 8.56. The number of nitrogens with one attached hydrogen (secondary N) is 1. The summed E-state index contributed by atoms with van der Waals surface area (Å²) in [5.74, 6) is 0.639. The maximum atomic E-state index is 12.7. The summed E-state index contributed by atoms with van der Waals surface area (Å²) in [6, 6.07) is 7.08. The maximum Gasteiger partial charge on any atom is 0.251 e. The van der Waals surface area contributed by atoms with Crippen LogP contribution in [0.3, 0.4) is 0 Å². The van der Waals surface area contributed by atoms with E-state index in [4.69, 9.17) is 4.74 Å². The minimum Gasteiger partial charge on any atom is -0.487 e. The molecule has 1 aromatic carbocycles. The zero-order chi connectivity index (χ0) is 17.7. The van der Waals surface area contributed by atoms with Crippen molar-refractivity contribution in [3.8, 4) is 5.75 Å². The summed E-state index contributed by atoms with van der Waals surface area (Å²) in [6.45, 7) is 5.47. The number of benzene rings is 1. The monoisotopic (exact) mass is 339 g/mol. The lowest BCUT2D eigenvalue weighted by Crippen LogP contribution is -2.37. The van der Waals surface area contributed by atoms with Gasteiger partial charge < -0.3 is 14.6 Å². The summed E-state index contributed by atoms with van der Waals surface area (Å²) < 4.78 is 9.64. The molecule has 0 saturated carbocycles. The fraction of sp³-hybridized carbons (Fsp3) is 0.368. The number of fused-ring (bicyclic) bond motifs is 2. The van der Waals surface area contributed by atoms with Gasteiger partial charge >= 0.3 is 0 Å². The highest BCUT2D eigenvalue weighted by Gasteiger charge is 2.27. The predicted octanol–water partition coefficient (Wildman–Crippen LogP) is 1.80. The first kappa shape index (κ1) is 15.9. The fourth-order valence-corrected chi connectivity index (χ4v) is 3.86. The van der Waals surface area contributed by atoms with Gasteiger partial charge in [0.1, 0.15) is 6.61 Å². The third-order valence-electron chi connectivity index (χ3n) is 4.98. The molecule has 1 unspecified atom stereocenters.